The fraction of sp³-hybridized carbons (Fsp3) is 0.318. The van der Waals surface area contributed by atoms with Crippen molar-refractivity contribution in [2.75, 3.05) is 13.7 Å². The molecule has 8 nitrogen and oxygen atoms in total. The van der Waals surface area contributed by atoms with Crippen LogP contribution in [0.5, 0.6) is 0 Å². The third-order valence-electron chi connectivity index (χ3n) is 5.61. The van der Waals surface area contributed by atoms with Crippen molar-refractivity contribution in [1.82, 2.24) is 25.1 Å². The van der Waals surface area contributed by atoms with E-state index in [0.29, 0.717) is 11.5 Å². The van der Waals surface area contributed by atoms with Crippen LogP contribution in [0, 0.1) is 0 Å². The van der Waals surface area contributed by atoms with E-state index in [0.717, 1.165) is 48.2 Å². The Balaban J connectivity index is 1.52. The van der Waals surface area contributed by atoms with Crippen molar-refractivity contribution in [1.29, 1.82) is 0 Å². The smallest absolute Gasteiger partial charge is 0.325 e. The van der Waals surface area contributed by atoms with Crippen LogP contribution in [-0.4, -0.2) is 45.3 Å². The molecule has 2 aromatic heterocycles. The molecule has 2 heterocycles. The first-order valence-electron chi connectivity index (χ1n) is 10.0. The first-order chi connectivity index (χ1) is 14.7. The molecule has 0 aliphatic heterocycles. The first-order valence-corrected chi connectivity index (χ1v) is 10.0. The highest BCUT2D eigenvalue weighted by Crippen LogP contribution is 2.42. The lowest BCUT2D eigenvalue weighted by Gasteiger charge is -2.19. The van der Waals surface area contributed by atoms with Gasteiger partial charge in [-0.05, 0) is 36.8 Å². The third-order valence-corrected chi connectivity index (χ3v) is 5.61. The number of fused-ring (bicyclic) bond motifs is 3. The molecule has 0 atom stereocenters. The minimum Gasteiger partial charge on any atom is -0.468 e. The molecule has 2 aliphatic carbocycles. The maximum Gasteiger partial charge on any atom is 0.325 e. The molecule has 0 bridgehead atoms. The summed E-state index contributed by atoms with van der Waals surface area (Å²) in [5.74, 6) is -0.157. The van der Waals surface area contributed by atoms with Gasteiger partial charge in [0.15, 0.2) is 0 Å². The maximum atomic E-state index is 12.6. The minimum atomic E-state index is -0.500. The summed E-state index contributed by atoms with van der Waals surface area (Å²) in [6.45, 7) is -0.184. The van der Waals surface area contributed by atoms with Gasteiger partial charge in [-0.3, -0.25) is 9.59 Å². The van der Waals surface area contributed by atoms with Crippen LogP contribution in [0.2, 0.25) is 0 Å². The molecule has 2 aliphatic rings. The zero-order valence-electron chi connectivity index (χ0n) is 16.6. The highest BCUT2D eigenvalue weighted by Gasteiger charge is 2.34. The second-order valence-electron chi connectivity index (χ2n) is 7.59. The molecule has 1 fully saturated rings. The Bertz CT molecular complexity index is 1150. The molecule has 3 aromatic rings. The normalized spacial score (nSPS) is 14.6. The van der Waals surface area contributed by atoms with Gasteiger partial charge in [-0.25, -0.2) is 14.6 Å². The molecule has 8 heteroatoms. The van der Waals surface area contributed by atoms with E-state index in [1.807, 2.05) is 18.3 Å². The molecule has 1 aromatic carbocycles. The topological polar surface area (TPSA) is 99.0 Å². The van der Waals surface area contributed by atoms with E-state index >= 15 is 0 Å². The Labute approximate surface area is 173 Å². The number of rotatable bonds is 5. The van der Waals surface area contributed by atoms with Crippen molar-refractivity contribution in [3.63, 3.8) is 0 Å². The Kier molecular flexibility index (Phi) is 4.54. The van der Waals surface area contributed by atoms with Crippen LogP contribution >= 0.6 is 0 Å². The summed E-state index contributed by atoms with van der Waals surface area (Å²) in [6.07, 6.45) is 7.24. The Morgan fingerprint density at radius 1 is 1.17 bits per heavy atom. The van der Waals surface area contributed by atoms with Gasteiger partial charge >= 0.3 is 5.97 Å². The standard InChI is InChI=1S/C22H21N5O3/c1-30-18(28)12-23-21(29)17-11-25-27(20(17)14-7-8-14)22-24-10-15-9-6-13-4-2-3-5-16(13)19(15)26-22/h2-5,10-11,14H,6-9,12H2,1H3,(H,23,29). The number of hydrogen-bond acceptors (Lipinski definition) is 6. The van der Waals surface area contributed by atoms with Crippen LogP contribution < -0.4 is 5.32 Å². The Morgan fingerprint density at radius 3 is 2.77 bits per heavy atom. The largest absolute Gasteiger partial charge is 0.468 e. The number of amides is 1. The van der Waals surface area contributed by atoms with E-state index in [4.69, 9.17) is 4.98 Å². The monoisotopic (exact) mass is 403 g/mol. The molecular formula is C22H21N5O3. The van der Waals surface area contributed by atoms with Gasteiger partial charge < -0.3 is 10.1 Å². The van der Waals surface area contributed by atoms with E-state index in [-0.39, 0.29) is 18.4 Å². The number of methoxy groups -OCH3 is 1. The summed E-state index contributed by atoms with van der Waals surface area (Å²) in [7, 11) is 1.29. The molecule has 30 heavy (non-hydrogen) atoms. The van der Waals surface area contributed by atoms with E-state index < -0.39 is 5.97 Å². The van der Waals surface area contributed by atoms with Crippen LogP contribution in [0.15, 0.2) is 36.7 Å². The molecule has 1 N–H and O–H groups in total. The fourth-order valence-electron chi connectivity index (χ4n) is 3.92. The van der Waals surface area contributed by atoms with Crippen molar-refractivity contribution in [3.05, 3.63) is 59.0 Å². The van der Waals surface area contributed by atoms with Gasteiger partial charge in [-0.15, -0.1) is 0 Å². The van der Waals surface area contributed by atoms with Crippen LogP contribution in [-0.2, 0) is 22.4 Å². The number of ether oxygens (including phenoxy) is 1. The van der Waals surface area contributed by atoms with E-state index in [2.05, 4.69) is 32.3 Å². The van der Waals surface area contributed by atoms with Gasteiger partial charge in [0.25, 0.3) is 11.9 Å². The molecule has 0 spiro atoms. The lowest BCUT2D eigenvalue weighted by atomic mass is 9.90. The lowest BCUT2D eigenvalue weighted by Crippen LogP contribution is -2.30. The second-order valence-corrected chi connectivity index (χ2v) is 7.59. The van der Waals surface area contributed by atoms with Crippen LogP contribution in [0.3, 0.4) is 0 Å². The van der Waals surface area contributed by atoms with Gasteiger partial charge in [-0.1, -0.05) is 24.3 Å². The van der Waals surface area contributed by atoms with Crippen molar-refractivity contribution < 1.29 is 14.3 Å². The molecule has 0 unspecified atom stereocenters. The number of carbonyl (C=O) groups is 2. The quantitative estimate of drug-likeness (QED) is 0.656. The highest BCUT2D eigenvalue weighted by molar-refractivity contribution is 5.97. The summed E-state index contributed by atoms with van der Waals surface area (Å²) in [5.41, 5.74) is 5.69. The number of benzene rings is 1. The average Bonchev–Trinajstić information content (AvgIpc) is 3.54. The van der Waals surface area contributed by atoms with Gasteiger partial charge in [0.1, 0.15) is 6.54 Å². The van der Waals surface area contributed by atoms with E-state index in [1.54, 1.807) is 4.68 Å². The van der Waals surface area contributed by atoms with Gasteiger partial charge in [0, 0.05) is 17.7 Å². The second kappa shape index (κ2) is 7.37. The summed E-state index contributed by atoms with van der Waals surface area (Å²) in [5, 5.41) is 7.03. The molecule has 152 valence electrons. The number of carbonyl (C=O) groups excluding carboxylic acids is 2. The highest BCUT2D eigenvalue weighted by atomic mass is 16.5. The van der Waals surface area contributed by atoms with Gasteiger partial charge in [0.2, 0.25) is 0 Å². The number of aryl methyl sites for hydroxylation is 2. The number of aromatic nitrogens is 4. The summed E-state index contributed by atoms with van der Waals surface area (Å²) in [6, 6.07) is 8.28. The molecule has 1 amide bonds. The van der Waals surface area contributed by atoms with Crippen molar-refractivity contribution in [3.8, 4) is 17.2 Å². The Hall–Kier alpha value is -3.55. The number of hydrogen-bond donors (Lipinski definition) is 1. The average molecular weight is 403 g/mol. The SMILES string of the molecule is COC(=O)CNC(=O)c1cnn(-c2ncc3c(n2)-c2ccccc2CC3)c1C1CC1. The van der Waals surface area contributed by atoms with Crippen molar-refractivity contribution in [2.45, 2.75) is 31.6 Å². The maximum absolute atomic E-state index is 12.6. The molecule has 5 rings (SSSR count). The fourth-order valence-corrected chi connectivity index (χ4v) is 3.92. The summed E-state index contributed by atoms with van der Waals surface area (Å²) in [4.78, 5) is 33.4. The number of nitrogens with zero attached hydrogens (tertiary/aromatic N) is 4. The predicted molar refractivity (Wildman–Crippen MR) is 108 cm³/mol. The zero-order chi connectivity index (χ0) is 20.7. The van der Waals surface area contributed by atoms with Crippen LogP contribution in [0.4, 0.5) is 0 Å². The van der Waals surface area contributed by atoms with Gasteiger partial charge in [-0.2, -0.15) is 5.10 Å². The molecule has 0 saturated heterocycles. The number of esters is 1. The van der Waals surface area contributed by atoms with Crippen molar-refractivity contribution in [2.24, 2.45) is 0 Å². The van der Waals surface area contributed by atoms with Crippen LogP contribution in [0.25, 0.3) is 17.2 Å². The van der Waals surface area contributed by atoms with Gasteiger partial charge in [0.05, 0.1) is 30.3 Å². The summed E-state index contributed by atoms with van der Waals surface area (Å²) < 4.78 is 6.26. The minimum absolute atomic E-state index is 0.184. The van der Waals surface area contributed by atoms with Crippen molar-refractivity contribution >= 4 is 11.9 Å². The Morgan fingerprint density at radius 2 is 1.97 bits per heavy atom. The van der Waals surface area contributed by atoms with E-state index in [1.165, 1.54) is 18.9 Å². The van der Waals surface area contributed by atoms with Crippen LogP contribution in [0.1, 0.15) is 45.9 Å². The first kappa shape index (κ1) is 18.5. The summed E-state index contributed by atoms with van der Waals surface area (Å²) >= 11 is 0. The predicted octanol–water partition coefficient (Wildman–Crippen LogP) is 2.21. The third kappa shape index (κ3) is 3.24. The lowest BCUT2D eigenvalue weighted by molar-refractivity contribution is -0.139. The number of nitrogens with one attached hydrogen (secondary N) is 1. The van der Waals surface area contributed by atoms with E-state index in [9.17, 15) is 9.59 Å². The molecule has 1 saturated carbocycles. The molecule has 0 radical (unpaired) electrons. The molecular weight excluding hydrogens is 382 g/mol. The zero-order valence-corrected chi connectivity index (χ0v) is 16.6.